The maximum absolute atomic E-state index is 4.22. The van der Waals surface area contributed by atoms with Gasteiger partial charge in [-0.15, -0.1) is 10.2 Å². The van der Waals surface area contributed by atoms with Crippen molar-refractivity contribution in [1.82, 2.24) is 10.2 Å². The summed E-state index contributed by atoms with van der Waals surface area (Å²) < 4.78 is 1.12. The lowest BCUT2D eigenvalue weighted by Crippen LogP contribution is -1.83. The van der Waals surface area contributed by atoms with Gasteiger partial charge in [-0.3, -0.25) is 0 Å². The molecule has 0 aromatic carbocycles. The quantitative estimate of drug-likeness (QED) is 0.387. The monoisotopic (exact) mass is 290 g/mol. The SMILES string of the molecule is Cc1nnc(SCCCCCCCCCS)s1. The van der Waals surface area contributed by atoms with Crippen LogP contribution >= 0.6 is 35.7 Å². The number of unbranched alkanes of at least 4 members (excludes halogenated alkanes) is 6. The van der Waals surface area contributed by atoms with E-state index < -0.39 is 0 Å². The topological polar surface area (TPSA) is 25.8 Å². The van der Waals surface area contributed by atoms with Crippen molar-refractivity contribution in [1.29, 1.82) is 0 Å². The highest BCUT2D eigenvalue weighted by Gasteiger charge is 2.00. The molecule has 0 fully saturated rings. The van der Waals surface area contributed by atoms with Gasteiger partial charge in [-0.1, -0.05) is 55.2 Å². The van der Waals surface area contributed by atoms with Crippen LogP contribution < -0.4 is 0 Å². The highest BCUT2D eigenvalue weighted by atomic mass is 32.2. The Morgan fingerprint density at radius 3 is 2.24 bits per heavy atom. The van der Waals surface area contributed by atoms with Gasteiger partial charge in [-0.25, -0.2) is 0 Å². The third kappa shape index (κ3) is 8.06. The minimum Gasteiger partial charge on any atom is -0.179 e. The smallest absolute Gasteiger partial charge is 0.174 e. The van der Waals surface area contributed by atoms with E-state index in [1.54, 1.807) is 11.3 Å². The molecule has 2 nitrogen and oxygen atoms in total. The zero-order valence-electron chi connectivity index (χ0n) is 10.5. The van der Waals surface area contributed by atoms with Crippen LogP contribution in [0.4, 0.5) is 0 Å². The van der Waals surface area contributed by atoms with Crippen molar-refractivity contribution in [3.05, 3.63) is 5.01 Å². The van der Waals surface area contributed by atoms with Gasteiger partial charge in [-0.05, 0) is 25.5 Å². The van der Waals surface area contributed by atoms with E-state index in [4.69, 9.17) is 0 Å². The number of hydrogen-bond acceptors (Lipinski definition) is 5. The number of aryl methyl sites for hydroxylation is 1. The lowest BCUT2D eigenvalue weighted by atomic mass is 10.1. The molecule has 1 aromatic heterocycles. The minimum atomic E-state index is 1.04. The lowest BCUT2D eigenvalue weighted by Gasteiger charge is -2.00. The first-order valence-electron chi connectivity index (χ1n) is 6.36. The van der Waals surface area contributed by atoms with Crippen LogP contribution in [-0.4, -0.2) is 21.7 Å². The first-order chi connectivity index (χ1) is 8.33. The minimum absolute atomic E-state index is 1.04. The summed E-state index contributed by atoms with van der Waals surface area (Å²) in [6, 6.07) is 0. The van der Waals surface area contributed by atoms with Gasteiger partial charge in [-0.2, -0.15) is 12.6 Å². The van der Waals surface area contributed by atoms with Crippen LogP contribution in [0, 0.1) is 6.92 Å². The highest BCUT2D eigenvalue weighted by Crippen LogP contribution is 2.23. The van der Waals surface area contributed by atoms with Crippen LogP contribution in [-0.2, 0) is 0 Å². The number of hydrogen-bond donors (Lipinski definition) is 1. The summed E-state index contributed by atoms with van der Waals surface area (Å²) in [7, 11) is 0. The molecule has 0 spiro atoms. The maximum atomic E-state index is 4.22. The summed E-state index contributed by atoms with van der Waals surface area (Å²) in [4.78, 5) is 0. The van der Waals surface area contributed by atoms with Crippen molar-refractivity contribution in [2.75, 3.05) is 11.5 Å². The molecule has 0 bridgehead atoms. The van der Waals surface area contributed by atoms with Crippen LogP contribution in [0.3, 0.4) is 0 Å². The third-order valence-corrected chi connectivity index (χ3v) is 4.91. The molecule has 1 rings (SSSR count). The number of rotatable bonds is 10. The third-order valence-electron chi connectivity index (χ3n) is 2.54. The molecule has 5 heteroatoms. The Labute approximate surface area is 118 Å². The summed E-state index contributed by atoms with van der Waals surface area (Å²) >= 11 is 7.76. The van der Waals surface area contributed by atoms with Gasteiger partial charge in [0.2, 0.25) is 0 Å². The van der Waals surface area contributed by atoms with Gasteiger partial charge in [0.15, 0.2) is 4.34 Å². The van der Waals surface area contributed by atoms with Crippen molar-refractivity contribution in [3.63, 3.8) is 0 Å². The summed E-state index contributed by atoms with van der Waals surface area (Å²) in [5, 5.41) is 9.19. The summed E-state index contributed by atoms with van der Waals surface area (Å²) in [5.74, 6) is 2.23. The Morgan fingerprint density at radius 1 is 1.00 bits per heavy atom. The Morgan fingerprint density at radius 2 is 1.65 bits per heavy atom. The largest absolute Gasteiger partial charge is 0.179 e. The van der Waals surface area contributed by atoms with Gasteiger partial charge in [0.05, 0.1) is 0 Å². The van der Waals surface area contributed by atoms with Crippen molar-refractivity contribution < 1.29 is 0 Å². The molecule has 0 aliphatic carbocycles. The second kappa shape index (κ2) is 10.2. The van der Waals surface area contributed by atoms with Crippen LogP contribution in [0.1, 0.15) is 50.0 Å². The van der Waals surface area contributed by atoms with Gasteiger partial charge in [0, 0.05) is 5.75 Å². The predicted octanol–water partition coefficient (Wildman–Crippen LogP) is 4.60. The maximum Gasteiger partial charge on any atom is 0.174 e. The van der Waals surface area contributed by atoms with E-state index in [-0.39, 0.29) is 0 Å². The van der Waals surface area contributed by atoms with E-state index in [1.165, 1.54) is 50.7 Å². The fourth-order valence-corrected chi connectivity index (χ4v) is 3.70. The van der Waals surface area contributed by atoms with Crippen LogP contribution in [0.25, 0.3) is 0 Å². The standard InChI is InChI=1S/C12H22N2S3/c1-11-13-14-12(17-11)16-10-8-6-4-2-3-5-7-9-15/h15H,2-10H2,1H3. The van der Waals surface area contributed by atoms with Crippen LogP contribution in [0.15, 0.2) is 4.34 Å². The molecule has 0 amide bonds. The molecule has 0 atom stereocenters. The van der Waals surface area contributed by atoms with Crippen molar-refractivity contribution >= 4 is 35.7 Å². The first kappa shape index (κ1) is 15.3. The van der Waals surface area contributed by atoms with Crippen molar-refractivity contribution in [2.45, 2.75) is 56.2 Å². The molecule has 1 heterocycles. The molecule has 0 radical (unpaired) electrons. The van der Waals surface area contributed by atoms with Gasteiger partial charge in [0.1, 0.15) is 5.01 Å². The molecular weight excluding hydrogens is 268 g/mol. The lowest BCUT2D eigenvalue weighted by molar-refractivity contribution is 0.605. The fraction of sp³-hybridized carbons (Fsp3) is 0.833. The fourth-order valence-electron chi connectivity index (χ4n) is 1.59. The van der Waals surface area contributed by atoms with Crippen molar-refractivity contribution in [2.24, 2.45) is 0 Å². The first-order valence-corrected chi connectivity index (χ1v) is 8.80. The van der Waals surface area contributed by atoms with Gasteiger partial charge in [0.25, 0.3) is 0 Å². The Bertz CT molecular complexity index is 289. The number of aromatic nitrogens is 2. The average molecular weight is 291 g/mol. The number of thioether (sulfide) groups is 1. The van der Waals surface area contributed by atoms with E-state index >= 15 is 0 Å². The zero-order valence-corrected chi connectivity index (χ0v) is 13.0. The molecule has 0 aliphatic rings. The van der Waals surface area contributed by atoms with Crippen LogP contribution in [0.5, 0.6) is 0 Å². The second-order valence-electron chi connectivity index (χ2n) is 4.13. The van der Waals surface area contributed by atoms with E-state index in [2.05, 4.69) is 22.8 Å². The Balaban J connectivity index is 1.84. The molecular formula is C12H22N2S3. The molecule has 0 saturated carbocycles. The molecule has 98 valence electrons. The number of nitrogens with zero attached hydrogens (tertiary/aromatic N) is 2. The molecule has 1 aromatic rings. The summed E-state index contributed by atoms with van der Waals surface area (Å²) in [6.45, 7) is 2.01. The van der Waals surface area contributed by atoms with E-state index in [0.717, 1.165) is 15.1 Å². The average Bonchev–Trinajstić information content (AvgIpc) is 2.73. The Hall–Kier alpha value is 0.260. The van der Waals surface area contributed by atoms with Crippen LogP contribution in [0.2, 0.25) is 0 Å². The summed E-state index contributed by atoms with van der Waals surface area (Å²) in [6.07, 6.45) is 9.42. The van der Waals surface area contributed by atoms with Gasteiger partial charge >= 0.3 is 0 Å². The van der Waals surface area contributed by atoms with E-state index in [9.17, 15) is 0 Å². The second-order valence-corrected chi connectivity index (χ2v) is 7.10. The highest BCUT2D eigenvalue weighted by molar-refractivity contribution is 8.01. The predicted molar refractivity (Wildman–Crippen MR) is 81.5 cm³/mol. The molecule has 0 unspecified atom stereocenters. The van der Waals surface area contributed by atoms with E-state index in [0.29, 0.717) is 0 Å². The van der Waals surface area contributed by atoms with Crippen molar-refractivity contribution in [3.8, 4) is 0 Å². The zero-order chi connectivity index (χ0) is 12.3. The normalized spacial score (nSPS) is 10.9. The number of thiol groups is 1. The molecule has 0 N–H and O–H groups in total. The van der Waals surface area contributed by atoms with E-state index in [1.807, 2.05) is 18.7 Å². The van der Waals surface area contributed by atoms with Gasteiger partial charge < -0.3 is 0 Å². The molecule has 0 aliphatic heterocycles. The summed E-state index contributed by atoms with van der Waals surface area (Å²) in [5.41, 5.74) is 0. The molecule has 0 saturated heterocycles. The molecule has 17 heavy (non-hydrogen) atoms. The Kier molecular flexibility index (Phi) is 9.20.